The van der Waals surface area contributed by atoms with Crippen molar-refractivity contribution in [1.82, 2.24) is 24.5 Å². The molecule has 0 amide bonds. The number of H-pyrrole nitrogens is 1. The van der Waals surface area contributed by atoms with E-state index in [1.807, 2.05) is 48.0 Å². The monoisotopic (exact) mass is 425 g/mol. The van der Waals surface area contributed by atoms with Crippen LogP contribution in [0.2, 0.25) is 0 Å². The van der Waals surface area contributed by atoms with Gasteiger partial charge in [-0.3, -0.25) is 0 Å². The fourth-order valence-electron chi connectivity index (χ4n) is 3.38. The summed E-state index contributed by atoms with van der Waals surface area (Å²) in [4.78, 5) is 15.3. The van der Waals surface area contributed by atoms with E-state index in [-0.39, 0.29) is 23.0 Å². The highest BCUT2D eigenvalue weighted by Gasteiger charge is 2.17. The zero-order chi connectivity index (χ0) is 22.1. The fraction of sp³-hybridized carbons (Fsp3) is 0.0435. The van der Waals surface area contributed by atoms with Gasteiger partial charge in [-0.1, -0.05) is 0 Å². The third-order valence-electron chi connectivity index (χ3n) is 4.90. The lowest BCUT2D eigenvalue weighted by Crippen LogP contribution is -2.02. The lowest BCUT2D eigenvalue weighted by Gasteiger charge is -2.12. The molecule has 0 atom stereocenters. The number of aromatic nitrogens is 5. The number of fused-ring (bicyclic) bond motifs is 1. The first-order valence-corrected chi connectivity index (χ1v) is 9.68. The van der Waals surface area contributed by atoms with Crippen molar-refractivity contribution >= 4 is 22.4 Å². The van der Waals surface area contributed by atoms with Gasteiger partial charge in [-0.2, -0.15) is 5.26 Å². The second-order valence-electron chi connectivity index (χ2n) is 7.05. The van der Waals surface area contributed by atoms with E-state index in [0.717, 1.165) is 11.4 Å². The fourth-order valence-corrected chi connectivity index (χ4v) is 3.38. The Bertz CT molecular complexity index is 1450. The van der Waals surface area contributed by atoms with Gasteiger partial charge in [0.2, 0.25) is 5.88 Å². The quantitative estimate of drug-likeness (QED) is 0.411. The van der Waals surface area contributed by atoms with Crippen molar-refractivity contribution in [2.75, 3.05) is 5.32 Å². The summed E-state index contributed by atoms with van der Waals surface area (Å²) >= 11 is 0. The van der Waals surface area contributed by atoms with Crippen molar-refractivity contribution in [3.63, 3.8) is 0 Å². The van der Waals surface area contributed by atoms with Crippen molar-refractivity contribution in [3.05, 3.63) is 84.6 Å². The first-order chi connectivity index (χ1) is 15.6. The number of anilines is 2. The molecule has 0 unspecified atom stereocenters. The van der Waals surface area contributed by atoms with E-state index in [0.29, 0.717) is 16.6 Å². The predicted molar refractivity (Wildman–Crippen MR) is 117 cm³/mol. The Balaban J connectivity index is 1.44. The van der Waals surface area contributed by atoms with Gasteiger partial charge in [0.05, 0.1) is 6.33 Å². The Morgan fingerprint density at radius 2 is 2.00 bits per heavy atom. The minimum Gasteiger partial charge on any atom is -0.434 e. The van der Waals surface area contributed by atoms with Gasteiger partial charge in [0.15, 0.2) is 22.9 Å². The van der Waals surface area contributed by atoms with E-state index in [2.05, 4.69) is 25.3 Å². The maximum atomic E-state index is 14.9. The molecule has 0 fully saturated rings. The molecule has 5 aromatic rings. The second-order valence-corrected chi connectivity index (χ2v) is 7.05. The number of halogens is 1. The number of aromatic amines is 1. The van der Waals surface area contributed by atoms with Gasteiger partial charge in [-0.25, -0.2) is 19.3 Å². The Morgan fingerprint density at radius 3 is 2.75 bits per heavy atom. The van der Waals surface area contributed by atoms with Crippen molar-refractivity contribution in [1.29, 1.82) is 5.26 Å². The molecule has 3 aromatic heterocycles. The molecule has 0 bridgehead atoms. The van der Waals surface area contributed by atoms with Crippen LogP contribution in [0, 0.1) is 24.1 Å². The number of ether oxygens (including phenoxy) is 1. The van der Waals surface area contributed by atoms with Crippen LogP contribution in [0.15, 0.2) is 67.5 Å². The maximum Gasteiger partial charge on any atom is 0.242 e. The van der Waals surface area contributed by atoms with Gasteiger partial charge < -0.3 is 19.6 Å². The van der Waals surface area contributed by atoms with Crippen LogP contribution in [0.4, 0.5) is 15.9 Å². The van der Waals surface area contributed by atoms with Crippen molar-refractivity contribution in [2.45, 2.75) is 6.92 Å². The Hall–Kier alpha value is -4.71. The summed E-state index contributed by atoms with van der Waals surface area (Å²) in [7, 11) is 0. The van der Waals surface area contributed by atoms with E-state index in [4.69, 9.17) is 4.74 Å². The summed E-state index contributed by atoms with van der Waals surface area (Å²) in [5, 5.41) is 13.2. The normalized spacial score (nSPS) is 10.8. The molecule has 0 radical (unpaired) electrons. The highest BCUT2D eigenvalue weighted by Crippen LogP contribution is 2.33. The number of nitrogens with one attached hydrogen (secondary N) is 2. The van der Waals surface area contributed by atoms with Gasteiger partial charge in [-0.05, 0) is 49.4 Å². The molecule has 0 spiro atoms. The van der Waals surface area contributed by atoms with Crippen LogP contribution in [0.1, 0.15) is 11.3 Å². The SMILES string of the molecule is Cc1cc2c(F)c(Oc3ncnc(Nc4ccc(-n5ccnc5)cc4)c3C#N)ccc2[nH]1. The molecule has 0 aliphatic heterocycles. The van der Waals surface area contributed by atoms with Crippen LogP contribution >= 0.6 is 0 Å². The highest BCUT2D eigenvalue weighted by atomic mass is 19.1. The lowest BCUT2D eigenvalue weighted by molar-refractivity contribution is 0.428. The standard InChI is InChI=1S/C23H16FN7O/c1-14-10-17-19(29-14)6-7-20(21(17)24)32-23-18(11-25)22(27-12-28-23)30-15-2-4-16(5-3-15)31-9-8-26-13-31/h2-10,12-13,29H,1H3,(H,27,28,30). The van der Waals surface area contributed by atoms with Crippen molar-refractivity contribution in [2.24, 2.45) is 0 Å². The molecule has 0 saturated heterocycles. The van der Waals surface area contributed by atoms with Gasteiger partial charge in [-0.15, -0.1) is 0 Å². The van der Waals surface area contributed by atoms with E-state index in [1.54, 1.807) is 24.7 Å². The largest absolute Gasteiger partial charge is 0.434 e. The van der Waals surface area contributed by atoms with Crippen LogP contribution in [0.25, 0.3) is 16.6 Å². The summed E-state index contributed by atoms with van der Waals surface area (Å²) in [6, 6.07) is 14.5. The smallest absolute Gasteiger partial charge is 0.242 e. The number of nitriles is 1. The van der Waals surface area contributed by atoms with Crippen molar-refractivity contribution in [3.8, 4) is 23.4 Å². The molecule has 0 aliphatic carbocycles. The van der Waals surface area contributed by atoms with Crippen molar-refractivity contribution < 1.29 is 9.13 Å². The third-order valence-corrected chi connectivity index (χ3v) is 4.90. The van der Waals surface area contributed by atoms with Gasteiger partial charge in [0, 0.05) is 40.4 Å². The molecular weight excluding hydrogens is 409 g/mol. The number of rotatable bonds is 5. The number of benzene rings is 2. The number of nitrogens with zero attached hydrogens (tertiary/aromatic N) is 5. The maximum absolute atomic E-state index is 14.9. The molecular formula is C23H16FN7O. The summed E-state index contributed by atoms with van der Waals surface area (Å²) in [6.45, 7) is 1.85. The number of aryl methyl sites for hydroxylation is 1. The summed E-state index contributed by atoms with van der Waals surface area (Å²) in [6.07, 6.45) is 6.51. The molecule has 3 heterocycles. The topological polar surface area (TPSA) is 104 Å². The van der Waals surface area contributed by atoms with Gasteiger partial charge >= 0.3 is 0 Å². The number of imidazole rings is 1. The molecule has 32 heavy (non-hydrogen) atoms. The van der Waals surface area contributed by atoms with Gasteiger partial charge in [0.25, 0.3) is 0 Å². The van der Waals surface area contributed by atoms with Crippen LogP contribution in [0.5, 0.6) is 11.6 Å². The first kappa shape index (κ1) is 19.3. The third kappa shape index (κ3) is 3.50. The first-order valence-electron chi connectivity index (χ1n) is 9.68. The average molecular weight is 425 g/mol. The number of hydrogen-bond donors (Lipinski definition) is 2. The zero-order valence-electron chi connectivity index (χ0n) is 16.9. The second kappa shape index (κ2) is 7.85. The highest BCUT2D eigenvalue weighted by molar-refractivity contribution is 5.83. The Labute approximate surface area is 182 Å². The molecule has 2 aromatic carbocycles. The molecule has 5 rings (SSSR count). The van der Waals surface area contributed by atoms with Crippen LogP contribution in [-0.2, 0) is 0 Å². The van der Waals surface area contributed by atoms with Crippen LogP contribution in [-0.4, -0.2) is 24.5 Å². The molecule has 2 N–H and O–H groups in total. The van der Waals surface area contributed by atoms with Gasteiger partial charge in [0.1, 0.15) is 12.4 Å². The van der Waals surface area contributed by atoms with E-state index >= 15 is 0 Å². The predicted octanol–water partition coefficient (Wildman–Crippen LogP) is 5.00. The van der Waals surface area contributed by atoms with E-state index in [9.17, 15) is 9.65 Å². The minimum atomic E-state index is -0.529. The number of hydrogen-bond acceptors (Lipinski definition) is 6. The van der Waals surface area contributed by atoms with E-state index < -0.39 is 5.82 Å². The van der Waals surface area contributed by atoms with E-state index in [1.165, 1.54) is 12.4 Å². The minimum absolute atomic E-state index is 0.0256. The molecule has 8 nitrogen and oxygen atoms in total. The molecule has 9 heteroatoms. The lowest BCUT2D eigenvalue weighted by atomic mass is 10.2. The summed E-state index contributed by atoms with van der Waals surface area (Å²) < 4.78 is 22.5. The summed E-state index contributed by atoms with van der Waals surface area (Å²) in [5.41, 5.74) is 3.21. The van der Waals surface area contributed by atoms with Crippen LogP contribution in [0.3, 0.4) is 0 Å². The molecule has 156 valence electrons. The molecule has 0 aliphatic rings. The zero-order valence-corrected chi connectivity index (χ0v) is 16.9. The Morgan fingerprint density at radius 1 is 1.16 bits per heavy atom. The average Bonchev–Trinajstić information content (AvgIpc) is 3.46. The van der Waals surface area contributed by atoms with Crippen LogP contribution < -0.4 is 10.1 Å². The summed E-state index contributed by atoms with van der Waals surface area (Å²) in [5.74, 6) is -0.335. The molecule has 0 saturated carbocycles. The Kier molecular flexibility index (Phi) is 4.72.